The van der Waals surface area contributed by atoms with Gasteiger partial charge in [-0.05, 0) is 23.0 Å². The van der Waals surface area contributed by atoms with Crippen LogP contribution >= 0.6 is 0 Å². The SMILES string of the molecule is Fc1ccccc1C([B]c1nccn1CCC1OCCO1)c1ccccc1. The van der Waals surface area contributed by atoms with Gasteiger partial charge in [-0.25, -0.2) is 4.39 Å². The van der Waals surface area contributed by atoms with Gasteiger partial charge < -0.3 is 14.0 Å². The van der Waals surface area contributed by atoms with E-state index >= 15 is 0 Å². The lowest BCUT2D eigenvalue weighted by atomic mass is 9.58. The third-order valence-electron chi connectivity index (χ3n) is 4.76. The Kier molecular flexibility index (Phi) is 5.65. The van der Waals surface area contributed by atoms with E-state index in [9.17, 15) is 4.39 Å². The number of aromatic nitrogens is 2. The van der Waals surface area contributed by atoms with Gasteiger partial charge in [0, 0.05) is 25.4 Å². The molecule has 0 saturated carbocycles. The Morgan fingerprint density at radius 2 is 1.81 bits per heavy atom. The normalized spacial score (nSPS) is 15.7. The van der Waals surface area contributed by atoms with Crippen LogP contribution in [0, 0.1) is 5.82 Å². The fourth-order valence-electron chi connectivity index (χ4n) is 3.39. The molecule has 1 aliphatic heterocycles. The predicted octanol–water partition coefficient (Wildman–Crippen LogP) is 2.90. The Morgan fingerprint density at radius 3 is 2.59 bits per heavy atom. The van der Waals surface area contributed by atoms with Crippen LogP contribution in [0.1, 0.15) is 23.4 Å². The van der Waals surface area contributed by atoms with Gasteiger partial charge in [0.05, 0.1) is 18.9 Å². The molecule has 4 rings (SSSR count). The van der Waals surface area contributed by atoms with Gasteiger partial charge in [-0.1, -0.05) is 48.5 Å². The molecule has 0 spiro atoms. The van der Waals surface area contributed by atoms with Crippen LogP contribution in [0.5, 0.6) is 0 Å². The zero-order valence-corrected chi connectivity index (χ0v) is 15.0. The molecule has 2 aromatic carbocycles. The summed E-state index contributed by atoms with van der Waals surface area (Å²) in [5.41, 5.74) is 2.48. The average molecular weight is 363 g/mol. The summed E-state index contributed by atoms with van der Waals surface area (Å²) >= 11 is 0. The molecular weight excluding hydrogens is 342 g/mol. The molecule has 1 aliphatic rings. The number of ether oxygens (including phenoxy) is 2. The predicted molar refractivity (Wildman–Crippen MR) is 103 cm³/mol. The van der Waals surface area contributed by atoms with Gasteiger partial charge in [0.2, 0.25) is 7.28 Å². The monoisotopic (exact) mass is 363 g/mol. The van der Waals surface area contributed by atoms with Crippen LogP contribution in [-0.2, 0) is 16.0 Å². The van der Waals surface area contributed by atoms with Gasteiger partial charge in [0.1, 0.15) is 5.82 Å². The van der Waals surface area contributed by atoms with E-state index < -0.39 is 0 Å². The number of nitrogens with zero attached hydrogens (tertiary/aromatic N) is 2. The number of halogens is 1. The highest BCUT2D eigenvalue weighted by molar-refractivity contribution is 6.54. The van der Waals surface area contributed by atoms with Crippen LogP contribution in [-0.4, -0.2) is 36.3 Å². The van der Waals surface area contributed by atoms with Crippen molar-refractivity contribution in [1.29, 1.82) is 0 Å². The minimum atomic E-state index is -0.215. The van der Waals surface area contributed by atoms with Crippen molar-refractivity contribution in [2.75, 3.05) is 13.2 Å². The van der Waals surface area contributed by atoms with E-state index in [1.54, 1.807) is 12.3 Å². The summed E-state index contributed by atoms with van der Waals surface area (Å²) < 4.78 is 27.6. The zero-order valence-electron chi connectivity index (χ0n) is 15.0. The molecular formula is C21H21BFN2O2. The van der Waals surface area contributed by atoms with Crippen LogP contribution < -0.4 is 5.72 Å². The number of imidazole rings is 1. The standard InChI is InChI=1S/C21H21BFN2O2/c23-18-9-5-4-8-17(18)20(16-6-2-1-3-7-16)22-21-24-11-13-25(21)12-10-19-26-14-15-27-19/h1-9,11,13,19-20H,10,12,14-15H2. The molecule has 1 atom stereocenters. The minimum Gasteiger partial charge on any atom is -0.350 e. The number of rotatable bonds is 7. The molecule has 3 aromatic rings. The molecule has 1 fully saturated rings. The van der Waals surface area contributed by atoms with Crippen molar-refractivity contribution in [1.82, 2.24) is 9.55 Å². The number of benzene rings is 2. The second-order valence-electron chi connectivity index (χ2n) is 6.52. The van der Waals surface area contributed by atoms with E-state index in [1.807, 2.05) is 55.9 Å². The van der Waals surface area contributed by atoms with Gasteiger partial charge in [-0.2, -0.15) is 0 Å². The first-order valence-corrected chi connectivity index (χ1v) is 9.20. The molecule has 1 saturated heterocycles. The first kappa shape index (κ1) is 18.0. The fraction of sp³-hybridized carbons (Fsp3) is 0.286. The fourth-order valence-corrected chi connectivity index (χ4v) is 3.39. The molecule has 4 nitrogen and oxygen atoms in total. The van der Waals surface area contributed by atoms with Crippen LogP contribution in [0.4, 0.5) is 4.39 Å². The Hall–Kier alpha value is -2.44. The molecule has 0 amide bonds. The Bertz CT molecular complexity index is 865. The number of hydrogen-bond donors (Lipinski definition) is 0. The highest BCUT2D eigenvalue weighted by Gasteiger charge is 2.23. The summed E-state index contributed by atoms with van der Waals surface area (Å²) in [7, 11) is 2.02. The lowest BCUT2D eigenvalue weighted by Gasteiger charge is -2.19. The van der Waals surface area contributed by atoms with Gasteiger partial charge in [0.15, 0.2) is 6.29 Å². The van der Waals surface area contributed by atoms with Crippen molar-refractivity contribution < 1.29 is 13.9 Å². The summed E-state index contributed by atoms with van der Waals surface area (Å²) in [6.07, 6.45) is 4.31. The summed E-state index contributed by atoms with van der Waals surface area (Å²) in [5.74, 6) is -0.430. The third-order valence-corrected chi connectivity index (χ3v) is 4.76. The molecule has 27 heavy (non-hydrogen) atoms. The second kappa shape index (κ2) is 8.50. The van der Waals surface area contributed by atoms with Crippen LogP contribution in [0.2, 0.25) is 0 Å². The zero-order chi connectivity index (χ0) is 18.5. The van der Waals surface area contributed by atoms with Crippen molar-refractivity contribution in [2.45, 2.75) is 25.1 Å². The summed E-state index contributed by atoms with van der Waals surface area (Å²) in [5, 5.41) is 0. The van der Waals surface area contributed by atoms with E-state index in [1.165, 1.54) is 6.07 Å². The topological polar surface area (TPSA) is 36.3 Å². The largest absolute Gasteiger partial charge is 0.350 e. The van der Waals surface area contributed by atoms with Crippen molar-refractivity contribution in [3.05, 3.63) is 83.9 Å². The van der Waals surface area contributed by atoms with Crippen LogP contribution in [0.25, 0.3) is 0 Å². The maximum atomic E-state index is 14.5. The summed E-state index contributed by atoms with van der Waals surface area (Å²) in [6.45, 7) is 2.03. The lowest BCUT2D eigenvalue weighted by Crippen LogP contribution is -2.32. The van der Waals surface area contributed by atoms with Gasteiger partial charge in [0.25, 0.3) is 0 Å². The molecule has 137 valence electrons. The van der Waals surface area contributed by atoms with Crippen molar-refractivity contribution >= 4 is 13.0 Å². The number of aryl methyl sites for hydroxylation is 1. The Labute approximate surface area is 159 Å². The number of hydrogen-bond acceptors (Lipinski definition) is 3. The second-order valence-corrected chi connectivity index (χ2v) is 6.52. The van der Waals surface area contributed by atoms with Gasteiger partial charge >= 0.3 is 0 Å². The van der Waals surface area contributed by atoms with E-state index in [0.717, 1.165) is 24.3 Å². The summed E-state index contributed by atoms with van der Waals surface area (Å²) in [6, 6.07) is 16.8. The highest BCUT2D eigenvalue weighted by atomic mass is 19.1. The smallest absolute Gasteiger partial charge is 0.215 e. The maximum absolute atomic E-state index is 14.5. The molecule has 1 aromatic heterocycles. The maximum Gasteiger partial charge on any atom is 0.215 e. The van der Waals surface area contributed by atoms with Crippen molar-refractivity contribution in [3.63, 3.8) is 0 Å². The summed E-state index contributed by atoms with van der Waals surface area (Å²) in [4.78, 5) is 4.49. The molecule has 0 aliphatic carbocycles. The van der Waals surface area contributed by atoms with Crippen molar-refractivity contribution in [2.24, 2.45) is 0 Å². The Morgan fingerprint density at radius 1 is 1.07 bits per heavy atom. The first-order valence-electron chi connectivity index (χ1n) is 9.20. The van der Waals surface area contributed by atoms with Gasteiger partial charge in [-0.3, -0.25) is 4.98 Å². The molecule has 0 N–H and O–H groups in total. The van der Waals surface area contributed by atoms with E-state index in [4.69, 9.17) is 9.47 Å². The van der Waals surface area contributed by atoms with E-state index in [-0.39, 0.29) is 17.9 Å². The lowest BCUT2D eigenvalue weighted by molar-refractivity contribution is -0.0489. The van der Waals surface area contributed by atoms with E-state index in [2.05, 4.69) is 9.55 Å². The molecule has 6 heteroatoms. The first-order chi connectivity index (χ1) is 13.3. The highest BCUT2D eigenvalue weighted by Crippen LogP contribution is 2.25. The third kappa shape index (κ3) is 4.29. The van der Waals surface area contributed by atoms with Crippen molar-refractivity contribution in [3.8, 4) is 0 Å². The Balaban J connectivity index is 1.57. The quantitative estimate of drug-likeness (QED) is 0.606. The van der Waals surface area contributed by atoms with Crippen LogP contribution in [0.3, 0.4) is 0 Å². The van der Waals surface area contributed by atoms with Gasteiger partial charge in [-0.15, -0.1) is 0 Å². The average Bonchev–Trinajstić information content (AvgIpc) is 3.37. The molecule has 2 heterocycles. The molecule has 0 bridgehead atoms. The van der Waals surface area contributed by atoms with Crippen LogP contribution in [0.15, 0.2) is 67.0 Å². The molecule has 1 unspecified atom stereocenters. The van der Waals surface area contributed by atoms with E-state index in [0.29, 0.717) is 18.8 Å². The minimum absolute atomic E-state index is 0.156. The molecule has 1 radical (unpaired) electrons.